The van der Waals surface area contributed by atoms with Crippen LogP contribution in [0.15, 0.2) is 0 Å². The number of carbonyl (C=O) groups excluding carboxylic acids is 4. The van der Waals surface area contributed by atoms with Crippen LogP contribution in [0.3, 0.4) is 0 Å². The minimum Gasteiger partial charge on any atom is -0.550 e. The Labute approximate surface area is 441 Å². The molecule has 0 amide bonds. The maximum absolute atomic E-state index is 12.4. The summed E-state index contributed by atoms with van der Waals surface area (Å²) >= 11 is 0. The summed E-state index contributed by atoms with van der Waals surface area (Å²) < 4.78 is 11.6. The summed E-state index contributed by atoms with van der Waals surface area (Å²) in [6.07, 6.45) is 55.5. The van der Waals surface area contributed by atoms with E-state index in [1.54, 1.807) is 0 Å². The molecule has 9 heteroatoms. The predicted octanol–water partition coefficient (Wildman–Crippen LogP) is 16.9. The van der Waals surface area contributed by atoms with Gasteiger partial charge in [0.15, 0.2) is 0 Å². The third-order valence-corrected chi connectivity index (χ3v) is 13.6. The molecule has 0 saturated carbocycles. The van der Waals surface area contributed by atoms with Gasteiger partial charge in [0, 0.05) is 24.8 Å². The minimum absolute atomic E-state index is 0. The normalized spacial score (nSPS) is 11.9. The maximum Gasteiger partial charge on any atom is 2.00 e. The maximum atomic E-state index is 12.4. The zero-order valence-corrected chi connectivity index (χ0v) is 49.5. The van der Waals surface area contributed by atoms with Crippen molar-refractivity contribution in [1.29, 1.82) is 0 Å². The molecule has 0 aliphatic rings. The standard InChI is InChI=1S/2C30H58O4.Zn/c2*1-3-5-7-9-11-13-15-16-18-20-24-28(25-22-23-26-29(31)32)34-30(33)27-21-19-17-14-12-10-8-6-4-2;/h2*28H,3-27H2,1-2H3,(H,31,32);/q;;+2/p-2. The molecule has 8 nitrogen and oxygen atoms in total. The monoisotopic (exact) mass is 1030 g/mol. The molecule has 404 valence electrons. The molecule has 0 saturated heterocycles. The SMILES string of the molecule is CCCCCCCCCCCCC(CCCCC(=O)[O-])OC(=O)CCCCCCCCCCC.CCCCCCCCCCCCC(CCCCC(=O)[O-])OC(=O)CCCCCCCCCCC.[Zn+2]. The van der Waals surface area contributed by atoms with E-state index in [9.17, 15) is 29.4 Å². The Kier molecular flexibility index (Phi) is 63.2. The molecule has 0 heterocycles. The zero-order valence-electron chi connectivity index (χ0n) is 46.5. The number of esters is 2. The summed E-state index contributed by atoms with van der Waals surface area (Å²) in [6, 6.07) is 0. The largest absolute Gasteiger partial charge is 2.00 e. The number of ether oxygens (including phenoxy) is 2. The molecule has 0 aliphatic heterocycles. The first-order valence-electron chi connectivity index (χ1n) is 30.0. The molecular formula is C60H114O8Zn. The van der Waals surface area contributed by atoms with E-state index >= 15 is 0 Å². The van der Waals surface area contributed by atoms with Crippen LogP contribution >= 0.6 is 0 Å². The molecule has 0 bridgehead atoms. The number of carboxylic acid groups (broad SMARTS) is 2. The molecule has 69 heavy (non-hydrogen) atoms. The van der Waals surface area contributed by atoms with E-state index in [1.807, 2.05) is 0 Å². The van der Waals surface area contributed by atoms with Crippen molar-refractivity contribution in [1.82, 2.24) is 0 Å². The zero-order chi connectivity index (χ0) is 50.2. The molecule has 2 atom stereocenters. The molecule has 0 aromatic heterocycles. The summed E-state index contributed by atoms with van der Waals surface area (Å²) in [7, 11) is 0. The molecule has 0 aromatic rings. The average molecular weight is 1030 g/mol. The van der Waals surface area contributed by atoms with Crippen molar-refractivity contribution >= 4 is 23.9 Å². The van der Waals surface area contributed by atoms with Gasteiger partial charge in [-0.25, -0.2) is 0 Å². The van der Waals surface area contributed by atoms with E-state index in [0.717, 1.165) is 77.0 Å². The van der Waals surface area contributed by atoms with Gasteiger partial charge in [0.1, 0.15) is 12.2 Å². The van der Waals surface area contributed by atoms with Crippen LogP contribution in [0.1, 0.15) is 349 Å². The second-order valence-corrected chi connectivity index (χ2v) is 20.6. The van der Waals surface area contributed by atoms with Crippen molar-refractivity contribution in [2.24, 2.45) is 0 Å². The van der Waals surface area contributed by atoms with Crippen LogP contribution < -0.4 is 10.2 Å². The average Bonchev–Trinajstić information content (AvgIpc) is 3.31. The van der Waals surface area contributed by atoms with Gasteiger partial charge in [-0.15, -0.1) is 0 Å². The predicted molar refractivity (Wildman–Crippen MR) is 283 cm³/mol. The Morgan fingerprint density at radius 3 is 0.667 bits per heavy atom. The van der Waals surface area contributed by atoms with E-state index in [1.165, 1.54) is 205 Å². The van der Waals surface area contributed by atoms with Crippen LogP contribution in [0, 0.1) is 0 Å². The molecule has 0 N–H and O–H groups in total. The molecule has 0 radical (unpaired) electrons. The van der Waals surface area contributed by atoms with Crippen molar-refractivity contribution in [2.45, 2.75) is 361 Å². The Morgan fingerprint density at radius 1 is 0.275 bits per heavy atom. The summed E-state index contributed by atoms with van der Waals surface area (Å²) in [4.78, 5) is 46.0. The van der Waals surface area contributed by atoms with Crippen molar-refractivity contribution in [3.63, 3.8) is 0 Å². The number of carbonyl (C=O) groups is 4. The van der Waals surface area contributed by atoms with Gasteiger partial charge in [-0.1, -0.05) is 246 Å². The van der Waals surface area contributed by atoms with Crippen LogP contribution in [0.25, 0.3) is 0 Å². The van der Waals surface area contributed by atoms with Crippen LogP contribution in [0.5, 0.6) is 0 Å². The number of aliphatic carboxylic acids is 2. The molecule has 0 aromatic carbocycles. The van der Waals surface area contributed by atoms with Crippen molar-refractivity contribution in [3.05, 3.63) is 0 Å². The van der Waals surface area contributed by atoms with E-state index in [2.05, 4.69) is 27.7 Å². The molecule has 0 aliphatic carbocycles. The second-order valence-electron chi connectivity index (χ2n) is 20.6. The number of hydrogen-bond acceptors (Lipinski definition) is 8. The van der Waals surface area contributed by atoms with Crippen LogP contribution in [-0.2, 0) is 48.1 Å². The van der Waals surface area contributed by atoms with Gasteiger partial charge in [0.2, 0.25) is 0 Å². The number of hydrogen-bond donors (Lipinski definition) is 0. The number of carboxylic acids is 2. The topological polar surface area (TPSA) is 133 Å². The van der Waals surface area contributed by atoms with Gasteiger partial charge < -0.3 is 29.3 Å². The molecule has 0 spiro atoms. The van der Waals surface area contributed by atoms with Crippen LogP contribution in [-0.4, -0.2) is 36.1 Å². The fourth-order valence-electron chi connectivity index (χ4n) is 9.18. The first-order chi connectivity index (χ1) is 33.2. The van der Waals surface area contributed by atoms with Gasteiger partial charge in [0.25, 0.3) is 0 Å². The Balaban J connectivity index is -0.00000124. The minimum atomic E-state index is -0.992. The summed E-state index contributed by atoms with van der Waals surface area (Å²) in [5, 5.41) is 21.3. The van der Waals surface area contributed by atoms with Crippen molar-refractivity contribution in [3.8, 4) is 0 Å². The smallest absolute Gasteiger partial charge is 0.550 e. The molecule has 0 rings (SSSR count). The van der Waals surface area contributed by atoms with Gasteiger partial charge in [0.05, 0.1) is 0 Å². The van der Waals surface area contributed by atoms with Crippen LogP contribution in [0.4, 0.5) is 0 Å². The number of unbranched alkanes of at least 4 members (excludes halogenated alkanes) is 36. The number of rotatable bonds is 54. The third kappa shape index (κ3) is 62.6. The van der Waals surface area contributed by atoms with Gasteiger partial charge in [-0.05, 0) is 89.9 Å². The Hall–Kier alpha value is -1.50. The van der Waals surface area contributed by atoms with E-state index in [-0.39, 0.29) is 56.5 Å². The third-order valence-electron chi connectivity index (χ3n) is 13.6. The molecular weight excluding hydrogens is 914 g/mol. The quantitative estimate of drug-likeness (QED) is 0.0334. The van der Waals surface area contributed by atoms with Crippen LogP contribution in [0.2, 0.25) is 0 Å². The second kappa shape index (κ2) is 60.8. The van der Waals surface area contributed by atoms with Gasteiger partial charge in [-0.3, -0.25) is 9.59 Å². The summed E-state index contributed by atoms with van der Waals surface area (Å²) in [6.45, 7) is 9.00. The Bertz CT molecular complexity index is 988. The summed E-state index contributed by atoms with van der Waals surface area (Å²) in [5.74, 6) is -2.12. The summed E-state index contributed by atoms with van der Waals surface area (Å²) in [5.41, 5.74) is 0. The Morgan fingerprint density at radius 2 is 0.449 bits per heavy atom. The first kappa shape index (κ1) is 71.8. The fraction of sp³-hybridized carbons (Fsp3) is 0.933. The van der Waals surface area contributed by atoms with E-state index < -0.39 is 11.9 Å². The van der Waals surface area contributed by atoms with Crippen molar-refractivity contribution in [2.75, 3.05) is 0 Å². The van der Waals surface area contributed by atoms with E-state index in [0.29, 0.717) is 25.7 Å². The van der Waals surface area contributed by atoms with Gasteiger partial charge >= 0.3 is 31.4 Å². The van der Waals surface area contributed by atoms with Crippen molar-refractivity contribution < 1.29 is 58.3 Å². The van der Waals surface area contributed by atoms with Gasteiger partial charge in [-0.2, -0.15) is 0 Å². The molecule has 0 fully saturated rings. The van der Waals surface area contributed by atoms with E-state index in [4.69, 9.17) is 9.47 Å². The fourth-order valence-corrected chi connectivity index (χ4v) is 9.18. The molecule has 2 unspecified atom stereocenters. The first-order valence-corrected chi connectivity index (χ1v) is 30.0.